The molecular weight excluding hydrogens is 1320 g/mol. The fraction of sp³-hybridized carbons (Fsp3) is 0.423. The molecule has 536 valence electrons. The molecule has 17 rings (SSSR count). The van der Waals surface area contributed by atoms with Gasteiger partial charge in [0.1, 0.15) is 64.0 Å². The summed E-state index contributed by atoms with van der Waals surface area (Å²) in [5.41, 5.74) is 20.0. The summed E-state index contributed by atoms with van der Waals surface area (Å²) in [7, 11) is 0. The van der Waals surface area contributed by atoms with Crippen molar-refractivity contribution in [2.24, 2.45) is 11.8 Å². The number of likely N-dealkylation sites (tertiary alicyclic amines) is 5. The van der Waals surface area contributed by atoms with Gasteiger partial charge in [-0.2, -0.15) is 10.2 Å². The second kappa shape index (κ2) is 27.3. The third-order valence-corrected chi connectivity index (χ3v) is 22.3. The molecule has 7 fully saturated rings. The van der Waals surface area contributed by atoms with Gasteiger partial charge in [-0.05, 0) is 169 Å². The Morgan fingerprint density at radius 2 is 1.12 bits per heavy atom. The summed E-state index contributed by atoms with van der Waals surface area (Å²) in [5.74, 6) is 2.76. The summed E-state index contributed by atoms with van der Waals surface area (Å²) in [6.07, 6.45) is 7.17. The molecule has 8 aliphatic rings. The Kier molecular flexibility index (Phi) is 17.6. The van der Waals surface area contributed by atoms with Crippen molar-refractivity contribution in [1.29, 1.82) is 0 Å². The molecule has 8 aliphatic heterocycles. The number of ether oxygens (including phenoxy) is 3. The first-order chi connectivity index (χ1) is 50.4. The highest BCUT2D eigenvalue weighted by Gasteiger charge is 2.46. The molecule has 5 amide bonds. The number of piperidine rings is 3. The van der Waals surface area contributed by atoms with Crippen LogP contribution in [0.3, 0.4) is 0 Å². The van der Waals surface area contributed by atoms with Crippen LogP contribution < -0.4 is 31.2 Å². The van der Waals surface area contributed by atoms with Crippen molar-refractivity contribution in [3.8, 4) is 56.9 Å². The van der Waals surface area contributed by atoms with Crippen LogP contribution >= 0.6 is 0 Å². The second-order valence-electron chi connectivity index (χ2n) is 30.4. The van der Waals surface area contributed by atoms with Crippen molar-refractivity contribution >= 4 is 69.1 Å². The SMILES string of the molecule is CC(C)(C)OC(=O)N1CCC(CN2CC(N3CCC(n4nc(-c5ccc(Oc6cccc(-c7nc(N)c8c(-c9ccc(Oc%10ccccc%10)cc9)nn(C9CCN(C%10CN(CC%11CCN(c%12ccc%13c(c%12)C(=O)N(C%12CCC(=O)NC%12=O)C%13=O)C%11)C%10)CC9)c8n7)c6)cc5)c5c(N)ncnc54)CC3)C2)C1. The van der Waals surface area contributed by atoms with E-state index in [9.17, 15) is 24.0 Å². The lowest BCUT2D eigenvalue weighted by Gasteiger charge is -2.48. The Bertz CT molecular complexity index is 4780. The van der Waals surface area contributed by atoms with Gasteiger partial charge in [0, 0.05) is 133 Å². The van der Waals surface area contributed by atoms with Crippen LogP contribution in [0.25, 0.3) is 56.0 Å². The zero-order chi connectivity index (χ0) is 71.1. The smallest absolute Gasteiger partial charge is 0.410 e. The van der Waals surface area contributed by atoms with Crippen LogP contribution in [0.4, 0.5) is 22.1 Å². The summed E-state index contributed by atoms with van der Waals surface area (Å²) in [5, 5.41) is 14.3. The van der Waals surface area contributed by atoms with Crippen LogP contribution in [-0.2, 0) is 14.3 Å². The summed E-state index contributed by atoms with van der Waals surface area (Å²) >= 11 is 0. The molecule has 0 radical (unpaired) electrons. The molecule has 26 heteroatoms. The van der Waals surface area contributed by atoms with Gasteiger partial charge in [-0.25, -0.2) is 34.1 Å². The molecule has 4 aromatic heterocycles. The number of fused-ring (bicyclic) bond motifs is 3. The van der Waals surface area contributed by atoms with E-state index >= 15 is 0 Å². The molecule has 12 heterocycles. The molecule has 9 aromatic rings. The first-order valence-corrected chi connectivity index (χ1v) is 36.7. The number of benzene rings is 5. The fourth-order valence-electron chi connectivity index (χ4n) is 16.8. The van der Waals surface area contributed by atoms with Gasteiger partial charge >= 0.3 is 6.09 Å². The number of carbonyl (C=O) groups excluding carboxylic acids is 5. The number of nitrogens with zero attached hydrogens (tertiary/aromatic N) is 15. The van der Waals surface area contributed by atoms with Gasteiger partial charge in [0.2, 0.25) is 11.8 Å². The number of rotatable bonds is 17. The van der Waals surface area contributed by atoms with Crippen LogP contribution in [0.5, 0.6) is 23.0 Å². The van der Waals surface area contributed by atoms with Gasteiger partial charge in [0.25, 0.3) is 11.8 Å². The van der Waals surface area contributed by atoms with Crippen molar-refractivity contribution < 1.29 is 38.2 Å². The number of para-hydroxylation sites is 1. The van der Waals surface area contributed by atoms with Gasteiger partial charge < -0.3 is 35.5 Å². The Hall–Kier alpha value is -10.4. The standard InChI is InChI=1S/C78H86N18O8/c1-78(2,3)104-77(101)93-31-25-48(41-93)39-89-44-56(45-89)90-32-26-52(27-33-90)95-72-65(69(79)81-46-82-72)67(86-95)49-14-19-59(20-15-49)103-60-11-7-8-51(36-60)71-84-70(80)66-68(50-12-17-58(18-13-50)102-57-9-5-4-6-10-57)87-96(73(66)85-71)53-28-34-91(35-29-53)55-42-88(43-55)38-47-24-30-92(40-47)54-16-21-61-62(37-54)76(100)94(75(61)99)63-22-23-64(97)83-74(63)98/h4-21,36-37,46-48,52-53,55-56,63H,22-35,38-45H2,1-3H3,(H2,79,81,82)(H2,80,84,85)(H,83,97,98). The lowest BCUT2D eigenvalue weighted by atomic mass is 9.98. The molecule has 5 aromatic carbocycles. The van der Waals surface area contributed by atoms with E-state index in [1.54, 1.807) is 12.1 Å². The van der Waals surface area contributed by atoms with E-state index in [1.165, 1.54) is 6.33 Å². The summed E-state index contributed by atoms with van der Waals surface area (Å²) < 4.78 is 22.6. The van der Waals surface area contributed by atoms with E-state index in [0.29, 0.717) is 86.5 Å². The monoisotopic (exact) mass is 1400 g/mol. The first kappa shape index (κ1) is 66.8. The second-order valence-corrected chi connectivity index (χ2v) is 30.4. The average Bonchev–Trinajstić information content (AvgIpc) is 1.61. The predicted molar refractivity (Wildman–Crippen MR) is 392 cm³/mol. The summed E-state index contributed by atoms with van der Waals surface area (Å²) in [6, 6.07) is 38.8. The molecule has 104 heavy (non-hydrogen) atoms. The predicted octanol–water partition coefficient (Wildman–Crippen LogP) is 9.54. The zero-order valence-electron chi connectivity index (χ0n) is 58.9. The highest BCUT2D eigenvalue weighted by atomic mass is 16.6. The molecule has 5 N–H and O–H groups in total. The number of imide groups is 2. The third-order valence-electron chi connectivity index (χ3n) is 22.3. The molecule has 26 nitrogen and oxygen atoms in total. The van der Waals surface area contributed by atoms with Crippen molar-refractivity contribution in [3.63, 3.8) is 0 Å². The normalized spacial score (nSPS) is 21.5. The maximum atomic E-state index is 13.6. The number of aromatic nitrogens is 8. The molecular formula is C78H86N18O8. The molecule has 0 aliphatic carbocycles. The average molecular weight is 1400 g/mol. The molecule has 0 spiro atoms. The van der Waals surface area contributed by atoms with Crippen LogP contribution in [0, 0.1) is 11.8 Å². The molecule has 3 unspecified atom stereocenters. The van der Waals surface area contributed by atoms with E-state index in [2.05, 4.69) is 44.2 Å². The number of anilines is 3. The number of hydrogen-bond acceptors (Lipinski definition) is 21. The van der Waals surface area contributed by atoms with Gasteiger partial charge in [0.15, 0.2) is 17.1 Å². The highest BCUT2D eigenvalue weighted by Crippen LogP contribution is 2.42. The quantitative estimate of drug-likeness (QED) is 0.0715. The number of nitrogens with one attached hydrogen (secondary N) is 1. The van der Waals surface area contributed by atoms with Gasteiger partial charge in [-0.15, -0.1) is 0 Å². The van der Waals surface area contributed by atoms with Crippen LogP contribution in [0.1, 0.15) is 105 Å². The summed E-state index contributed by atoms with van der Waals surface area (Å²) in [6.45, 7) is 18.8. The largest absolute Gasteiger partial charge is 0.457 e. The van der Waals surface area contributed by atoms with E-state index in [-0.39, 0.29) is 31.0 Å². The van der Waals surface area contributed by atoms with Crippen molar-refractivity contribution in [2.45, 2.75) is 108 Å². The molecule has 0 bridgehead atoms. The van der Waals surface area contributed by atoms with Gasteiger partial charge in [-0.3, -0.25) is 49.0 Å². The minimum atomic E-state index is -0.995. The maximum absolute atomic E-state index is 13.6. The molecule has 3 atom stereocenters. The van der Waals surface area contributed by atoms with E-state index < -0.39 is 35.3 Å². The molecule has 0 saturated carbocycles. The Morgan fingerprint density at radius 3 is 1.75 bits per heavy atom. The third kappa shape index (κ3) is 13.2. The van der Waals surface area contributed by atoms with E-state index in [1.807, 2.05) is 135 Å². The van der Waals surface area contributed by atoms with Crippen LogP contribution in [-0.4, -0.2) is 214 Å². The minimum absolute atomic E-state index is 0.0477. The number of nitrogens with two attached hydrogens (primary N) is 2. The number of amides is 5. The number of hydrogen-bond donors (Lipinski definition) is 3. The van der Waals surface area contributed by atoms with Crippen molar-refractivity contribution in [3.05, 3.63) is 139 Å². The topological polar surface area (TPSA) is 287 Å². The van der Waals surface area contributed by atoms with Crippen molar-refractivity contribution in [1.82, 2.24) is 74.2 Å². The lowest BCUT2D eigenvalue weighted by Crippen LogP contribution is -2.61. The Balaban J connectivity index is 0.541. The van der Waals surface area contributed by atoms with Crippen LogP contribution in [0.15, 0.2) is 128 Å². The summed E-state index contributed by atoms with van der Waals surface area (Å²) in [4.78, 5) is 99.2. The van der Waals surface area contributed by atoms with Gasteiger partial charge in [0.05, 0.1) is 34.0 Å². The zero-order valence-corrected chi connectivity index (χ0v) is 58.9. The first-order valence-electron chi connectivity index (χ1n) is 36.7. The Labute approximate surface area is 602 Å². The highest BCUT2D eigenvalue weighted by molar-refractivity contribution is 6.24. The van der Waals surface area contributed by atoms with Crippen LogP contribution in [0.2, 0.25) is 0 Å². The van der Waals surface area contributed by atoms with E-state index in [4.69, 9.17) is 50.8 Å². The number of nitrogen functional groups attached to an aromatic ring is 2. The maximum Gasteiger partial charge on any atom is 0.410 e. The number of carbonyl (C=O) groups is 5. The van der Waals surface area contributed by atoms with Crippen molar-refractivity contribution in [2.75, 3.05) is 108 Å². The molecule has 7 saturated heterocycles. The fourth-order valence-corrected chi connectivity index (χ4v) is 16.8. The van der Waals surface area contributed by atoms with E-state index in [0.717, 1.165) is 180 Å². The minimum Gasteiger partial charge on any atom is -0.457 e. The van der Waals surface area contributed by atoms with Gasteiger partial charge in [-0.1, -0.05) is 30.3 Å². The Morgan fingerprint density at radius 1 is 0.538 bits per heavy atom. The lowest BCUT2D eigenvalue weighted by molar-refractivity contribution is -0.136.